The normalized spacial score (nSPS) is 11.9. The minimum Gasteiger partial charge on any atom is -0.251 e. The highest BCUT2D eigenvalue weighted by atomic mass is 79.9. The minimum absolute atomic E-state index is 0.908. The van der Waals surface area contributed by atoms with Crippen LogP contribution in [0.5, 0.6) is 0 Å². The Morgan fingerprint density at radius 2 is 1.86 bits per heavy atom. The molecular weight excluding hydrogens is 336 g/mol. The van der Waals surface area contributed by atoms with Gasteiger partial charge in [0.15, 0.2) is 0 Å². The van der Waals surface area contributed by atoms with E-state index in [4.69, 9.17) is 9.98 Å². The Hall–Kier alpha value is -2.00. The van der Waals surface area contributed by atoms with E-state index in [-0.39, 0.29) is 0 Å². The first-order valence-corrected chi connectivity index (χ1v) is 8.17. The van der Waals surface area contributed by atoms with E-state index in [0.29, 0.717) is 0 Å². The molecule has 0 radical (unpaired) electrons. The largest absolute Gasteiger partial charge is 0.251 e. The zero-order chi connectivity index (χ0) is 15.5. The lowest BCUT2D eigenvalue weighted by atomic mass is 10.1. The maximum Gasteiger partial charge on any atom is 0.0851 e. The van der Waals surface area contributed by atoms with Crippen LogP contribution >= 0.6 is 15.9 Å². The average molecular weight is 353 g/mol. The summed E-state index contributed by atoms with van der Waals surface area (Å²) in [4.78, 5) is 9.52. The summed E-state index contributed by atoms with van der Waals surface area (Å²) in [5.74, 6) is 0. The second-order valence-corrected chi connectivity index (χ2v) is 6.04. The number of pyridine rings is 1. The maximum atomic E-state index is 4.78. The maximum absolute atomic E-state index is 4.78. The molecule has 0 aliphatic heterocycles. The van der Waals surface area contributed by atoms with Crippen molar-refractivity contribution in [3.63, 3.8) is 0 Å². The number of nitrogens with zero attached hydrogens (tertiary/aromatic N) is 2. The number of aliphatic imine (C=N–C) groups is 1. The topological polar surface area (TPSA) is 25.2 Å². The third kappa shape index (κ3) is 2.95. The molecular formula is C19H17BrN2. The summed E-state index contributed by atoms with van der Waals surface area (Å²) in [5.41, 5.74) is 5.09. The zero-order valence-corrected chi connectivity index (χ0v) is 14.3. The molecule has 110 valence electrons. The van der Waals surface area contributed by atoms with Crippen LogP contribution in [0.2, 0.25) is 0 Å². The molecule has 3 heteroatoms. The predicted octanol–water partition coefficient (Wildman–Crippen LogP) is 5.70. The molecule has 1 aromatic heterocycles. The third-order valence-corrected chi connectivity index (χ3v) is 4.34. The number of benzene rings is 2. The van der Waals surface area contributed by atoms with E-state index in [0.717, 1.165) is 38.9 Å². The Morgan fingerprint density at radius 1 is 1.05 bits per heavy atom. The first-order valence-electron chi connectivity index (χ1n) is 7.38. The average Bonchev–Trinajstić information content (AvgIpc) is 2.55. The van der Waals surface area contributed by atoms with Crippen molar-refractivity contribution in [1.82, 2.24) is 4.98 Å². The Labute approximate surface area is 139 Å². The fraction of sp³-hybridized carbons (Fsp3) is 0.158. The van der Waals surface area contributed by atoms with Gasteiger partial charge < -0.3 is 0 Å². The van der Waals surface area contributed by atoms with Crippen LogP contribution in [0.15, 0.2) is 64.1 Å². The second kappa shape index (κ2) is 6.41. The van der Waals surface area contributed by atoms with E-state index in [1.807, 2.05) is 31.2 Å². The molecule has 0 atom stereocenters. The lowest BCUT2D eigenvalue weighted by molar-refractivity contribution is 1.13. The Morgan fingerprint density at radius 3 is 2.68 bits per heavy atom. The summed E-state index contributed by atoms with van der Waals surface area (Å²) < 4.78 is 1.01. The summed E-state index contributed by atoms with van der Waals surface area (Å²) in [6.07, 6.45) is 0.976. The van der Waals surface area contributed by atoms with Crippen molar-refractivity contribution in [1.29, 1.82) is 0 Å². The number of aryl methyl sites for hydroxylation is 1. The Kier molecular flexibility index (Phi) is 4.34. The van der Waals surface area contributed by atoms with Crippen molar-refractivity contribution in [2.75, 3.05) is 0 Å². The van der Waals surface area contributed by atoms with Crippen molar-refractivity contribution >= 4 is 38.2 Å². The molecule has 0 unspecified atom stereocenters. The summed E-state index contributed by atoms with van der Waals surface area (Å²) in [5, 5.41) is 1.12. The van der Waals surface area contributed by atoms with Crippen LogP contribution in [-0.4, -0.2) is 10.7 Å². The van der Waals surface area contributed by atoms with Crippen LogP contribution in [0.1, 0.15) is 25.1 Å². The van der Waals surface area contributed by atoms with Gasteiger partial charge in [-0.15, -0.1) is 0 Å². The number of hydrogen-bond acceptors (Lipinski definition) is 2. The number of para-hydroxylation sites is 2. The highest BCUT2D eigenvalue weighted by Crippen LogP contribution is 2.24. The predicted molar refractivity (Wildman–Crippen MR) is 97.1 cm³/mol. The molecule has 0 aliphatic rings. The van der Waals surface area contributed by atoms with Crippen molar-refractivity contribution in [2.24, 2.45) is 4.99 Å². The van der Waals surface area contributed by atoms with Gasteiger partial charge >= 0.3 is 0 Å². The fourth-order valence-electron chi connectivity index (χ4n) is 2.47. The van der Waals surface area contributed by atoms with Gasteiger partial charge in [0.05, 0.1) is 22.6 Å². The Balaban J connectivity index is 2.06. The molecule has 0 N–H and O–H groups in total. The fourth-order valence-corrected chi connectivity index (χ4v) is 2.94. The second-order valence-electron chi connectivity index (χ2n) is 5.19. The summed E-state index contributed by atoms with van der Waals surface area (Å²) in [6, 6.07) is 18.5. The lowest BCUT2D eigenvalue weighted by Crippen LogP contribution is -1.99. The van der Waals surface area contributed by atoms with Crippen molar-refractivity contribution in [3.8, 4) is 0 Å². The molecule has 0 spiro atoms. The number of fused-ring (bicyclic) bond motifs is 1. The first kappa shape index (κ1) is 14.9. The first-order chi connectivity index (χ1) is 10.7. The molecule has 0 saturated heterocycles. The molecule has 1 heterocycles. The SMILES string of the molecule is CCc1ccccc1/N=C(\C)c1ccc2cccc(Br)c2n1. The van der Waals surface area contributed by atoms with E-state index in [1.165, 1.54) is 5.56 Å². The number of aromatic nitrogens is 1. The molecule has 3 rings (SSSR count). The van der Waals surface area contributed by atoms with Gasteiger partial charge in [0, 0.05) is 9.86 Å². The van der Waals surface area contributed by atoms with E-state index >= 15 is 0 Å². The van der Waals surface area contributed by atoms with Crippen LogP contribution < -0.4 is 0 Å². The Bertz CT molecular complexity index is 853. The van der Waals surface area contributed by atoms with Gasteiger partial charge in [-0.05, 0) is 53.0 Å². The number of halogens is 1. The van der Waals surface area contributed by atoms with Gasteiger partial charge in [-0.1, -0.05) is 43.3 Å². The molecule has 0 saturated carbocycles. The lowest BCUT2D eigenvalue weighted by Gasteiger charge is -2.06. The third-order valence-electron chi connectivity index (χ3n) is 3.70. The molecule has 0 bridgehead atoms. The molecule has 22 heavy (non-hydrogen) atoms. The molecule has 2 aromatic carbocycles. The van der Waals surface area contributed by atoms with Gasteiger partial charge in [0.1, 0.15) is 0 Å². The van der Waals surface area contributed by atoms with Crippen LogP contribution in [0.4, 0.5) is 5.69 Å². The number of hydrogen-bond donors (Lipinski definition) is 0. The van der Waals surface area contributed by atoms with Crippen molar-refractivity contribution in [3.05, 3.63) is 70.3 Å². The van der Waals surface area contributed by atoms with Gasteiger partial charge in [-0.2, -0.15) is 0 Å². The summed E-state index contributed by atoms with van der Waals surface area (Å²) in [7, 11) is 0. The van der Waals surface area contributed by atoms with Crippen LogP contribution in [-0.2, 0) is 6.42 Å². The van der Waals surface area contributed by atoms with E-state index in [1.54, 1.807) is 0 Å². The minimum atomic E-state index is 0.908. The molecule has 0 fully saturated rings. The van der Waals surface area contributed by atoms with Crippen LogP contribution in [0, 0.1) is 0 Å². The summed E-state index contributed by atoms with van der Waals surface area (Å²) >= 11 is 3.57. The van der Waals surface area contributed by atoms with Gasteiger partial charge in [0.25, 0.3) is 0 Å². The van der Waals surface area contributed by atoms with Gasteiger partial charge in [0.2, 0.25) is 0 Å². The van der Waals surface area contributed by atoms with Crippen molar-refractivity contribution in [2.45, 2.75) is 20.3 Å². The standard InChI is InChI=1S/C19H17BrN2/c1-3-14-7-4-5-10-18(14)21-13(2)17-12-11-15-8-6-9-16(20)19(15)22-17/h4-12H,3H2,1-2H3/b21-13+. The van der Waals surface area contributed by atoms with Crippen molar-refractivity contribution < 1.29 is 0 Å². The van der Waals surface area contributed by atoms with E-state index in [9.17, 15) is 0 Å². The zero-order valence-electron chi connectivity index (χ0n) is 12.7. The molecule has 0 aliphatic carbocycles. The summed E-state index contributed by atoms with van der Waals surface area (Å²) in [6.45, 7) is 4.16. The molecule has 0 amide bonds. The van der Waals surface area contributed by atoms with Gasteiger partial charge in [-0.25, -0.2) is 4.98 Å². The highest BCUT2D eigenvalue weighted by molar-refractivity contribution is 9.10. The van der Waals surface area contributed by atoms with E-state index in [2.05, 4.69) is 53.2 Å². The monoisotopic (exact) mass is 352 g/mol. The number of rotatable bonds is 3. The smallest absolute Gasteiger partial charge is 0.0851 e. The molecule has 3 aromatic rings. The highest BCUT2D eigenvalue weighted by Gasteiger charge is 2.05. The van der Waals surface area contributed by atoms with Gasteiger partial charge in [-0.3, -0.25) is 4.99 Å². The van der Waals surface area contributed by atoms with Crippen LogP contribution in [0.3, 0.4) is 0 Å². The quantitative estimate of drug-likeness (QED) is 0.555. The molecule has 2 nitrogen and oxygen atoms in total. The van der Waals surface area contributed by atoms with E-state index < -0.39 is 0 Å². The van der Waals surface area contributed by atoms with Crippen LogP contribution in [0.25, 0.3) is 10.9 Å².